The standard InChI is InChI=1S/C11H20N2O/c1-8-6-10(7-8)13-11(14)9-2-4-12-5-3-9/h8-10,12H,2-7H2,1H3,(H,13,14). The van der Waals surface area contributed by atoms with Gasteiger partial charge in [0.1, 0.15) is 0 Å². The zero-order chi connectivity index (χ0) is 9.97. The Labute approximate surface area is 85.6 Å². The van der Waals surface area contributed by atoms with Crippen LogP contribution in [0.5, 0.6) is 0 Å². The average Bonchev–Trinajstić information content (AvgIpc) is 2.17. The summed E-state index contributed by atoms with van der Waals surface area (Å²) < 4.78 is 0. The van der Waals surface area contributed by atoms with Crippen LogP contribution in [0.4, 0.5) is 0 Å². The van der Waals surface area contributed by atoms with Crippen LogP contribution in [0.1, 0.15) is 32.6 Å². The van der Waals surface area contributed by atoms with Gasteiger partial charge in [0.15, 0.2) is 0 Å². The van der Waals surface area contributed by atoms with Gasteiger partial charge in [-0.05, 0) is 44.7 Å². The maximum Gasteiger partial charge on any atom is 0.223 e. The molecule has 2 aliphatic rings. The van der Waals surface area contributed by atoms with Gasteiger partial charge in [-0.1, -0.05) is 6.92 Å². The van der Waals surface area contributed by atoms with Crippen molar-refractivity contribution in [1.29, 1.82) is 0 Å². The average molecular weight is 196 g/mol. The summed E-state index contributed by atoms with van der Waals surface area (Å²) in [6, 6.07) is 0.479. The minimum Gasteiger partial charge on any atom is -0.353 e. The van der Waals surface area contributed by atoms with Gasteiger partial charge in [0.05, 0.1) is 0 Å². The molecular weight excluding hydrogens is 176 g/mol. The first-order chi connectivity index (χ1) is 6.75. The summed E-state index contributed by atoms with van der Waals surface area (Å²) >= 11 is 0. The van der Waals surface area contributed by atoms with Crippen LogP contribution in [0.2, 0.25) is 0 Å². The first kappa shape index (κ1) is 9.97. The second-order valence-corrected chi connectivity index (χ2v) is 4.81. The number of amides is 1. The third-order valence-electron chi connectivity index (χ3n) is 3.43. The normalized spacial score (nSPS) is 33.5. The minimum absolute atomic E-state index is 0.271. The fraction of sp³-hybridized carbons (Fsp3) is 0.909. The molecule has 0 aromatic heterocycles. The number of piperidine rings is 1. The van der Waals surface area contributed by atoms with Crippen molar-refractivity contribution in [2.24, 2.45) is 11.8 Å². The molecule has 14 heavy (non-hydrogen) atoms. The van der Waals surface area contributed by atoms with Gasteiger partial charge in [-0.25, -0.2) is 0 Å². The number of rotatable bonds is 2. The quantitative estimate of drug-likeness (QED) is 0.689. The minimum atomic E-state index is 0.271. The van der Waals surface area contributed by atoms with Gasteiger partial charge in [-0.3, -0.25) is 4.79 Å². The van der Waals surface area contributed by atoms with E-state index in [0.29, 0.717) is 11.9 Å². The Balaban J connectivity index is 1.71. The van der Waals surface area contributed by atoms with Crippen LogP contribution in [-0.4, -0.2) is 25.0 Å². The molecule has 1 aliphatic heterocycles. The Morgan fingerprint density at radius 3 is 2.50 bits per heavy atom. The van der Waals surface area contributed by atoms with Gasteiger partial charge in [0.25, 0.3) is 0 Å². The summed E-state index contributed by atoms with van der Waals surface area (Å²) in [5.74, 6) is 1.38. The SMILES string of the molecule is CC1CC(NC(=O)C2CCNCC2)C1. The van der Waals surface area contributed by atoms with Gasteiger partial charge in [0, 0.05) is 12.0 Å². The van der Waals surface area contributed by atoms with Gasteiger partial charge < -0.3 is 10.6 Å². The van der Waals surface area contributed by atoms with Crippen LogP contribution >= 0.6 is 0 Å². The first-order valence-electron chi connectivity index (χ1n) is 5.77. The van der Waals surface area contributed by atoms with Crippen molar-refractivity contribution in [2.75, 3.05) is 13.1 Å². The van der Waals surface area contributed by atoms with E-state index in [0.717, 1.165) is 31.8 Å². The molecule has 0 aromatic carbocycles. The molecular formula is C11H20N2O. The number of hydrogen-bond acceptors (Lipinski definition) is 2. The predicted molar refractivity (Wildman–Crippen MR) is 55.9 cm³/mol. The monoisotopic (exact) mass is 196 g/mol. The van der Waals surface area contributed by atoms with E-state index in [1.165, 1.54) is 12.8 Å². The highest BCUT2D eigenvalue weighted by atomic mass is 16.1. The number of carbonyl (C=O) groups excluding carboxylic acids is 1. The molecule has 0 unspecified atom stereocenters. The van der Waals surface area contributed by atoms with Crippen LogP contribution < -0.4 is 10.6 Å². The van der Waals surface area contributed by atoms with Gasteiger partial charge in [-0.2, -0.15) is 0 Å². The molecule has 1 aliphatic carbocycles. The molecule has 3 nitrogen and oxygen atoms in total. The second-order valence-electron chi connectivity index (χ2n) is 4.81. The van der Waals surface area contributed by atoms with Crippen LogP contribution in [0, 0.1) is 11.8 Å². The molecule has 0 atom stereocenters. The third-order valence-corrected chi connectivity index (χ3v) is 3.43. The molecule has 0 aromatic rings. The largest absolute Gasteiger partial charge is 0.353 e. The van der Waals surface area contributed by atoms with E-state index in [-0.39, 0.29) is 5.92 Å². The number of nitrogens with one attached hydrogen (secondary N) is 2. The molecule has 1 saturated heterocycles. The van der Waals surface area contributed by atoms with Crippen molar-refractivity contribution in [2.45, 2.75) is 38.6 Å². The molecule has 1 heterocycles. The van der Waals surface area contributed by atoms with Crippen molar-refractivity contribution >= 4 is 5.91 Å². The molecule has 1 amide bonds. The summed E-state index contributed by atoms with van der Waals surface area (Å²) in [6.45, 7) is 4.24. The number of carbonyl (C=O) groups is 1. The molecule has 0 spiro atoms. The summed E-state index contributed by atoms with van der Waals surface area (Å²) in [5, 5.41) is 6.43. The Bertz CT molecular complexity index is 205. The van der Waals surface area contributed by atoms with Crippen molar-refractivity contribution in [3.63, 3.8) is 0 Å². The van der Waals surface area contributed by atoms with E-state index in [2.05, 4.69) is 17.6 Å². The van der Waals surface area contributed by atoms with Gasteiger partial charge in [-0.15, -0.1) is 0 Å². The summed E-state index contributed by atoms with van der Waals surface area (Å²) in [5.41, 5.74) is 0. The van der Waals surface area contributed by atoms with E-state index >= 15 is 0 Å². The molecule has 0 bridgehead atoms. The predicted octanol–water partition coefficient (Wildman–Crippen LogP) is 0.901. The Morgan fingerprint density at radius 2 is 1.93 bits per heavy atom. The molecule has 2 N–H and O–H groups in total. The molecule has 3 heteroatoms. The zero-order valence-corrected chi connectivity index (χ0v) is 8.88. The lowest BCUT2D eigenvalue weighted by molar-refractivity contribution is -0.127. The first-order valence-corrected chi connectivity index (χ1v) is 5.77. The Hall–Kier alpha value is -0.570. The topological polar surface area (TPSA) is 41.1 Å². The lowest BCUT2D eigenvalue weighted by Crippen LogP contribution is -2.47. The molecule has 1 saturated carbocycles. The fourth-order valence-electron chi connectivity index (χ4n) is 2.42. The van der Waals surface area contributed by atoms with E-state index in [1.807, 2.05) is 0 Å². The lowest BCUT2D eigenvalue weighted by atomic mass is 9.81. The van der Waals surface area contributed by atoms with Crippen LogP contribution in [0.25, 0.3) is 0 Å². The number of hydrogen-bond donors (Lipinski definition) is 2. The Kier molecular flexibility index (Phi) is 3.06. The van der Waals surface area contributed by atoms with E-state index in [4.69, 9.17) is 0 Å². The maximum atomic E-state index is 11.8. The van der Waals surface area contributed by atoms with Crippen molar-refractivity contribution < 1.29 is 4.79 Å². The smallest absolute Gasteiger partial charge is 0.223 e. The maximum absolute atomic E-state index is 11.8. The van der Waals surface area contributed by atoms with E-state index < -0.39 is 0 Å². The fourth-order valence-corrected chi connectivity index (χ4v) is 2.42. The van der Waals surface area contributed by atoms with Gasteiger partial charge >= 0.3 is 0 Å². The molecule has 2 fully saturated rings. The Morgan fingerprint density at radius 1 is 1.29 bits per heavy atom. The highest BCUT2D eigenvalue weighted by Gasteiger charge is 2.29. The van der Waals surface area contributed by atoms with E-state index in [1.54, 1.807) is 0 Å². The lowest BCUT2D eigenvalue weighted by Gasteiger charge is -2.35. The van der Waals surface area contributed by atoms with Crippen LogP contribution in [0.15, 0.2) is 0 Å². The molecule has 0 radical (unpaired) electrons. The summed E-state index contributed by atoms with van der Waals surface area (Å²) in [4.78, 5) is 11.8. The zero-order valence-electron chi connectivity index (χ0n) is 8.88. The van der Waals surface area contributed by atoms with Gasteiger partial charge in [0.2, 0.25) is 5.91 Å². The van der Waals surface area contributed by atoms with Crippen molar-refractivity contribution in [1.82, 2.24) is 10.6 Å². The molecule has 2 rings (SSSR count). The summed E-state index contributed by atoms with van der Waals surface area (Å²) in [7, 11) is 0. The van der Waals surface area contributed by atoms with Crippen LogP contribution in [-0.2, 0) is 4.79 Å². The highest BCUT2D eigenvalue weighted by Crippen LogP contribution is 2.26. The van der Waals surface area contributed by atoms with Crippen molar-refractivity contribution in [3.8, 4) is 0 Å². The van der Waals surface area contributed by atoms with E-state index in [9.17, 15) is 4.79 Å². The summed E-state index contributed by atoms with van der Waals surface area (Å²) in [6.07, 6.45) is 4.37. The second kappa shape index (κ2) is 4.30. The molecule has 80 valence electrons. The van der Waals surface area contributed by atoms with Crippen LogP contribution in [0.3, 0.4) is 0 Å². The highest BCUT2D eigenvalue weighted by molar-refractivity contribution is 5.79. The third kappa shape index (κ3) is 2.27. The van der Waals surface area contributed by atoms with Crippen molar-refractivity contribution in [3.05, 3.63) is 0 Å².